The summed E-state index contributed by atoms with van der Waals surface area (Å²) in [7, 11) is 0. The lowest BCUT2D eigenvalue weighted by molar-refractivity contribution is 0.266. The van der Waals surface area contributed by atoms with Crippen LogP contribution in [0.1, 0.15) is 24.1 Å². The second-order valence-electron chi connectivity index (χ2n) is 6.75. The van der Waals surface area contributed by atoms with E-state index in [1.54, 1.807) is 4.52 Å². The Morgan fingerprint density at radius 1 is 1.19 bits per heavy atom. The van der Waals surface area contributed by atoms with Gasteiger partial charge in [0.05, 0.1) is 24.0 Å². The fourth-order valence-corrected chi connectivity index (χ4v) is 3.55. The minimum absolute atomic E-state index is 0.0204. The van der Waals surface area contributed by atoms with E-state index in [4.69, 9.17) is 4.98 Å². The number of nitrogens with zero attached hydrogens (tertiary/aromatic N) is 4. The van der Waals surface area contributed by atoms with Crippen molar-refractivity contribution in [3.05, 3.63) is 47.2 Å². The van der Waals surface area contributed by atoms with Gasteiger partial charge in [0, 0.05) is 23.7 Å². The van der Waals surface area contributed by atoms with Crippen LogP contribution in [0.4, 0.5) is 14.6 Å². The third-order valence-electron chi connectivity index (χ3n) is 5.14. The number of anilines is 1. The van der Waals surface area contributed by atoms with Gasteiger partial charge in [-0.3, -0.25) is 0 Å². The number of rotatable bonds is 3. The van der Waals surface area contributed by atoms with Crippen molar-refractivity contribution in [2.75, 3.05) is 18.1 Å². The first kappa shape index (κ1) is 16.9. The van der Waals surface area contributed by atoms with E-state index in [-0.39, 0.29) is 12.6 Å². The highest BCUT2D eigenvalue weighted by molar-refractivity contribution is 5.69. The van der Waals surface area contributed by atoms with E-state index >= 15 is 0 Å². The molecule has 3 heterocycles. The molecule has 136 valence electrons. The van der Waals surface area contributed by atoms with Gasteiger partial charge in [0.25, 0.3) is 0 Å². The standard InChI is InChI=1S/C19H20F2N4O/c1-11-12(2)23-25-17(13-5-6-15(20)16(21)8-13)9-18(22-19(11)25)24-7-3-4-14(24)10-26/h5-6,8-9,14,26H,3-4,7,10H2,1-2H3. The van der Waals surface area contributed by atoms with Gasteiger partial charge in [0.1, 0.15) is 5.82 Å². The fraction of sp³-hybridized carbons (Fsp3) is 0.368. The molecule has 0 bridgehead atoms. The SMILES string of the molecule is Cc1nn2c(-c3ccc(F)c(F)c3)cc(N3CCCC3CO)nc2c1C. The number of aliphatic hydroxyl groups is 1. The first-order chi connectivity index (χ1) is 12.5. The van der Waals surface area contributed by atoms with Crippen molar-refractivity contribution in [3.63, 3.8) is 0 Å². The molecule has 2 aromatic heterocycles. The Labute approximate surface area is 149 Å². The van der Waals surface area contributed by atoms with Crippen LogP contribution in [0.3, 0.4) is 0 Å². The van der Waals surface area contributed by atoms with Crippen LogP contribution in [-0.4, -0.2) is 38.9 Å². The molecule has 1 atom stereocenters. The van der Waals surface area contributed by atoms with Crippen molar-refractivity contribution in [1.29, 1.82) is 0 Å². The molecule has 26 heavy (non-hydrogen) atoms. The Morgan fingerprint density at radius 3 is 2.73 bits per heavy atom. The number of halogens is 2. The Hall–Kier alpha value is -2.54. The highest BCUT2D eigenvalue weighted by atomic mass is 19.2. The van der Waals surface area contributed by atoms with Crippen LogP contribution >= 0.6 is 0 Å². The van der Waals surface area contributed by atoms with Gasteiger partial charge in [-0.25, -0.2) is 18.3 Å². The maximum atomic E-state index is 13.8. The first-order valence-electron chi connectivity index (χ1n) is 8.69. The van der Waals surface area contributed by atoms with E-state index < -0.39 is 11.6 Å². The number of aliphatic hydroxyl groups excluding tert-OH is 1. The third-order valence-corrected chi connectivity index (χ3v) is 5.14. The summed E-state index contributed by atoms with van der Waals surface area (Å²) in [5.41, 5.74) is 3.63. The predicted molar refractivity (Wildman–Crippen MR) is 95.3 cm³/mol. The van der Waals surface area contributed by atoms with Crippen LogP contribution in [0.5, 0.6) is 0 Å². The van der Waals surface area contributed by atoms with E-state index in [2.05, 4.69) is 10.00 Å². The fourth-order valence-electron chi connectivity index (χ4n) is 3.55. The first-order valence-corrected chi connectivity index (χ1v) is 8.69. The molecule has 0 amide bonds. The van der Waals surface area contributed by atoms with Crippen LogP contribution in [-0.2, 0) is 0 Å². The molecule has 1 N–H and O–H groups in total. The zero-order chi connectivity index (χ0) is 18.4. The van der Waals surface area contributed by atoms with Gasteiger partial charge < -0.3 is 10.0 Å². The van der Waals surface area contributed by atoms with Crippen molar-refractivity contribution in [2.45, 2.75) is 32.7 Å². The molecule has 1 unspecified atom stereocenters. The van der Waals surface area contributed by atoms with E-state index in [0.29, 0.717) is 16.9 Å². The molecule has 1 aliphatic rings. The van der Waals surface area contributed by atoms with Crippen LogP contribution in [0.15, 0.2) is 24.3 Å². The number of hydrogen-bond acceptors (Lipinski definition) is 4. The quantitative estimate of drug-likeness (QED) is 0.781. The van der Waals surface area contributed by atoms with Crippen molar-refractivity contribution in [1.82, 2.24) is 14.6 Å². The summed E-state index contributed by atoms with van der Waals surface area (Å²) in [5.74, 6) is -1.06. The number of benzene rings is 1. The molecular formula is C19H20F2N4O. The summed E-state index contributed by atoms with van der Waals surface area (Å²) in [6, 6.07) is 5.68. The monoisotopic (exact) mass is 358 g/mol. The minimum atomic E-state index is -0.899. The average molecular weight is 358 g/mol. The molecule has 0 radical (unpaired) electrons. The number of fused-ring (bicyclic) bond motifs is 1. The summed E-state index contributed by atoms with van der Waals surface area (Å²) in [6.07, 6.45) is 1.89. The average Bonchev–Trinajstić information content (AvgIpc) is 3.22. The van der Waals surface area contributed by atoms with Crippen molar-refractivity contribution in [2.24, 2.45) is 0 Å². The normalized spacial score (nSPS) is 17.4. The van der Waals surface area contributed by atoms with Crippen LogP contribution in [0.25, 0.3) is 16.9 Å². The zero-order valence-electron chi connectivity index (χ0n) is 14.7. The zero-order valence-corrected chi connectivity index (χ0v) is 14.7. The summed E-state index contributed by atoms with van der Waals surface area (Å²) in [6.45, 7) is 4.70. The van der Waals surface area contributed by atoms with Gasteiger partial charge in [-0.1, -0.05) is 0 Å². The largest absolute Gasteiger partial charge is 0.394 e. The molecule has 1 aromatic carbocycles. The molecule has 1 saturated heterocycles. The van der Waals surface area contributed by atoms with Crippen LogP contribution in [0, 0.1) is 25.5 Å². The second-order valence-corrected chi connectivity index (χ2v) is 6.75. The summed E-state index contributed by atoms with van der Waals surface area (Å²) < 4.78 is 28.8. The van der Waals surface area contributed by atoms with Crippen molar-refractivity contribution >= 4 is 11.5 Å². The van der Waals surface area contributed by atoms with Gasteiger partial charge >= 0.3 is 0 Å². The predicted octanol–water partition coefficient (Wildman–Crippen LogP) is 3.25. The third kappa shape index (κ3) is 2.63. The maximum Gasteiger partial charge on any atom is 0.161 e. The van der Waals surface area contributed by atoms with E-state index in [0.717, 1.165) is 42.5 Å². The lowest BCUT2D eigenvalue weighted by Gasteiger charge is -2.25. The molecule has 0 spiro atoms. The molecule has 4 rings (SSSR count). The minimum Gasteiger partial charge on any atom is -0.394 e. The van der Waals surface area contributed by atoms with Gasteiger partial charge in [-0.05, 0) is 44.9 Å². The van der Waals surface area contributed by atoms with Crippen LogP contribution < -0.4 is 4.90 Å². The van der Waals surface area contributed by atoms with Gasteiger partial charge in [-0.2, -0.15) is 5.10 Å². The maximum absolute atomic E-state index is 13.8. The lowest BCUT2D eigenvalue weighted by atomic mass is 10.1. The molecule has 1 aliphatic heterocycles. The Balaban J connectivity index is 1.95. The topological polar surface area (TPSA) is 53.7 Å². The van der Waals surface area contributed by atoms with E-state index in [1.165, 1.54) is 12.1 Å². The second kappa shape index (κ2) is 6.32. The highest BCUT2D eigenvalue weighted by Crippen LogP contribution is 2.31. The highest BCUT2D eigenvalue weighted by Gasteiger charge is 2.26. The van der Waals surface area contributed by atoms with Gasteiger partial charge in [0.15, 0.2) is 17.3 Å². The molecule has 3 aromatic rings. The molecular weight excluding hydrogens is 338 g/mol. The smallest absolute Gasteiger partial charge is 0.161 e. The summed E-state index contributed by atoms with van der Waals surface area (Å²) in [5, 5.41) is 14.2. The van der Waals surface area contributed by atoms with Crippen molar-refractivity contribution < 1.29 is 13.9 Å². The van der Waals surface area contributed by atoms with E-state index in [1.807, 2.05) is 19.9 Å². The lowest BCUT2D eigenvalue weighted by Crippen LogP contribution is -2.32. The van der Waals surface area contributed by atoms with Crippen molar-refractivity contribution in [3.8, 4) is 11.3 Å². The Bertz CT molecular complexity index is 985. The molecule has 0 aliphatic carbocycles. The Kier molecular flexibility index (Phi) is 4.11. The van der Waals surface area contributed by atoms with Gasteiger partial charge in [0.2, 0.25) is 0 Å². The van der Waals surface area contributed by atoms with E-state index in [9.17, 15) is 13.9 Å². The summed E-state index contributed by atoms with van der Waals surface area (Å²) in [4.78, 5) is 6.82. The van der Waals surface area contributed by atoms with Crippen LogP contribution in [0.2, 0.25) is 0 Å². The number of aryl methyl sites for hydroxylation is 2. The molecule has 5 nitrogen and oxygen atoms in total. The molecule has 0 saturated carbocycles. The van der Waals surface area contributed by atoms with Gasteiger partial charge in [-0.15, -0.1) is 0 Å². The number of hydrogen-bond donors (Lipinski definition) is 1. The number of aromatic nitrogens is 3. The molecule has 7 heteroatoms. The molecule has 1 fully saturated rings. The Morgan fingerprint density at radius 2 is 2.00 bits per heavy atom. The summed E-state index contributed by atoms with van der Waals surface area (Å²) >= 11 is 0.